The maximum Gasteiger partial charge on any atom is 0.259 e. The van der Waals surface area contributed by atoms with Crippen LogP contribution in [0.15, 0.2) is 48.5 Å². The molecule has 1 amide bonds. The monoisotopic (exact) mass is 346 g/mol. The molecule has 1 atom stereocenters. The summed E-state index contributed by atoms with van der Waals surface area (Å²) in [5, 5.41) is 2.84. The first-order chi connectivity index (χ1) is 11.5. The molecule has 0 aromatic heterocycles. The van der Waals surface area contributed by atoms with Crippen LogP contribution in [-0.4, -0.2) is 14.7 Å². The molecule has 0 radical (unpaired) electrons. The van der Waals surface area contributed by atoms with Crippen LogP contribution in [0, 0.1) is 0 Å². The lowest BCUT2D eigenvalue weighted by Crippen LogP contribution is -2.13. The van der Waals surface area contributed by atoms with Gasteiger partial charge in [-0.2, -0.15) is 0 Å². The third kappa shape index (κ3) is 5.47. The van der Waals surface area contributed by atoms with Crippen molar-refractivity contribution >= 4 is 28.5 Å². The molecule has 1 unspecified atom stereocenters. The Kier molecular flexibility index (Phi) is 6.52. The molecule has 0 heterocycles. The normalized spacial score (nSPS) is 12.0. The van der Waals surface area contributed by atoms with Gasteiger partial charge in [-0.15, -0.1) is 0 Å². The van der Waals surface area contributed by atoms with Gasteiger partial charge in [-0.25, -0.2) is 4.21 Å². The highest BCUT2D eigenvalue weighted by atomic mass is 32.2. The summed E-state index contributed by atoms with van der Waals surface area (Å²) in [6, 6.07) is 14.8. The molecule has 0 fully saturated rings. The third-order valence-corrected chi connectivity index (χ3v) is 4.08. The number of anilines is 2. The Hall–Kier alpha value is -2.18. The highest BCUT2D eigenvalue weighted by Gasteiger charge is 2.08. The highest BCUT2D eigenvalue weighted by molar-refractivity contribution is 7.80. The quantitative estimate of drug-likeness (QED) is 0.665. The Morgan fingerprint density at radius 2 is 1.71 bits per heavy atom. The van der Waals surface area contributed by atoms with Crippen LogP contribution in [0.1, 0.15) is 37.3 Å². The van der Waals surface area contributed by atoms with E-state index in [0.29, 0.717) is 30.1 Å². The zero-order valence-electron chi connectivity index (χ0n) is 13.8. The Morgan fingerprint density at radius 3 is 2.33 bits per heavy atom. The van der Waals surface area contributed by atoms with E-state index in [4.69, 9.17) is 4.55 Å². The Balaban J connectivity index is 1.91. The zero-order valence-corrected chi connectivity index (χ0v) is 14.6. The van der Waals surface area contributed by atoms with E-state index in [0.717, 1.165) is 0 Å². The van der Waals surface area contributed by atoms with Gasteiger partial charge in [-0.05, 0) is 47.7 Å². The number of nitrogens with one attached hydrogen (secondary N) is 2. The molecule has 5 nitrogen and oxygen atoms in total. The average Bonchev–Trinajstić information content (AvgIpc) is 2.54. The van der Waals surface area contributed by atoms with Gasteiger partial charge in [0.2, 0.25) is 5.91 Å². The molecule has 0 aliphatic heterocycles. The molecular weight excluding hydrogens is 324 g/mol. The largest absolute Gasteiger partial charge is 0.326 e. The number of hydrogen-bond donors (Lipinski definition) is 3. The van der Waals surface area contributed by atoms with E-state index in [1.54, 1.807) is 24.3 Å². The molecule has 6 heteroatoms. The summed E-state index contributed by atoms with van der Waals surface area (Å²) in [6.45, 7) is 4.29. The maximum atomic E-state index is 12.1. The van der Waals surface area contributed by atoms with Crippen molar-refractivity contribution in [1.29, 1.82) is 0 Å². The van der Waals surface area contributed by atoms with Gasteiger partial charge in [0.25, 0.3) is 11.3 Å². The maximum absolute atomic E-state index is 12.1. The predicted octanol–water partition coefficient (Wildman–Crippen LogP) is 3.93. The summed E-state index contributed by atoms with van der Waals surface area (Å²) in [4.78, 5) is 12.1. The summed E-state index contributed by atoms with van der Waals surface area (Å²) in [6.07, 6.45) is 1.10. The van der Waals surface area contributed by atoms with Gasteiger partial charge >= 0.3 is 0 Å². The van der Waals surface area contributed by atoms with Crippen molar-refractivity contribution in [3.05, 3.63) is 59.7 Å². The number of amides is 1. The summed E-state index contributed by atoms with van der Waals surface area (Å²) in [5.41, 5.74) is 3.65. The highest BCUT2D eigenvalue weighted by Crippen LogP contribution is 2.21. The second-order valence-electron chi connectivity index (χ2n) is 5.83. The number of hydrogen-bond acceptors (Lipinski definition) is 2. The lowest BCUT2D eigenvalue weighted by molar-refractivity contribution is -0.116. The first-order valence-corrected chi connectivity index (χ1v) is 8.91. The molecule has 2 aromatic carbocycles. The molecule has 3 N–H and O–H groups in total. The number of carbonyl (C=O) groups excluding carboxylic acids is 1. The summed E-state index contributed by atoms with van der Waals surface area (Å²) in [5.74, 6) is 0.376. The van der Waals surface area contributed by atoms with Crippen molar-refractivity contribution in [2.45, 2.75) is 32.6 Å². The van der Waals surface area contributed by atoms with Crippen LogP contribution in [0.5, 0.6) is 0 Å². The zero-order chi connectivity index (χ0) is 17.5. The van der Waals surface area contributed by atoms with E-state index in [1.807, 2.05) is 12.1 Å². The van der Waals surface area contributed by atoms with Crippen LogP contribution in [0.2, 0.25) is 0 Å². The fourth-order valence-corrected chi connectivity index (χ4v) is 2.86. The molecule has 128 valence electrons. The number of rotatable bonds is 7. The van der Waals surface area contributed by atoms with Gasteiger partial charge in [-0.3, -0.25) is 14.1 Å². The van der Waals surface area contributed by atoms with Crippen molar-refractivity contribution < 1.29 is 13.6 Å². The standard InChI is InChI=1S/C18H22N2O3S/c1-13(2)17-6-4-3-5-14(17)7-12-18(21)19-15-8-10-16(11-9-15)20-24(22)23/h3-6,8-11,13,20H,7,12H2,1-2H3,(H,19,21)(H,22,23). The van der Waals surface area contributed by atoms with E-state index in [9.17, 15) is 9.00 Å². The van der Waals surface area contributed by atoms with E-state index in [1.165, 1.54) is 11.1 Å². The molecule has 0 bridgehead atoms. The van der Waals surface area contributed by atoms with E-state index in [2.05, 4.69) is 36.0 Å². The summed E-state index contributed by atoms with van der Waals surface area (Å²) in [7, 11) is 0. The molecule has 0 spiro atoms. The molecule has 0 aliphatic rings. The van der Waals surface area contributed by atoms with Gasteiger partial charge in [-0.1, -0.05) is 38.1 Å². The van der Waals surface area contributed by atoms with Gasteiger partial charge in [0.05, 0.1) is 0 Å². The molecule has 24 heavy (non-hydrogen) atoms. The second-order valence-corrected chi connectivity index (χ2v) is 6.53. The van der Waals surface area contributed by atoms with Crippen LogP contribution < -0.4 is 10.0 Å². The van der Waals surface area contributed by atoms with E-state index >= 15 is 0 Å². The molecule has 0 aliphatic carbocycles. The molecule has 2 rings (SSSR count). The van der Waals surface area contributed by atoms with Crippen LogP contribution in [0.3, 0.4) is 0 Å². The molecule has 2 aromatic rings. The summed E-state index contributed by atoms with van der Waals surface area (Å²) < 4.78 is 21.8. The van der Waals surface area contributed by atoms with Crippen LogP contribution in [-0.2, 0) is 22.5 Å². The van der Waals surface area contributed by atoms with Gasteiger partial charge in [0, 0.05) is 17.8 Å². The lowest BCUT2D eigenvalue weighted by Gasteiger charge is -2.12. The Bertz CT molecular complexity index is 714. The topological polar surface area (TPSA) is 78.4 Å². The van der Waals surface area contributed by atoms with Crippen molar-refractivity contribution in [2.24, 2.45) is 0 Å². The Labute approximate surface area is 144 Å². The second kappa shape index (κ2) is 8.61. The third-order valence-electron chi connectivity index (χ3n) is 3.67. The molecule has 0 saturated heterocycles. The fourth-order valence-electron chi connectivity index (χ4n) is 2.52. The average molecular weight is 346 g/mol. The van der Waals surface area contributed by atoms with E-state index in [-0.39, 0.29) is 5.91 Å². The van der Waals surface area contributed by atoms with Crippen LogP contribution in [0.4, 0.5) is 11.4 Å². The lowest BCUT2D eigenvalue weighted by atomic mass is 9.94. The summed E-state index contributed by atoms with van der Waals surface area (Å²) >= 11 is -2.10. The van der Waals surface area contributed by atoms with Crippen molar-refractivity contribution in [3.63, 3.8) is 0 Å². The fraction of sp³-hybridized carbons (Fsp3) is 0.278. The van der Waals surface area contributed by atoms with Crippen LogP contribution >= 0.6 is 0 Å². The minimum Gasteiger partial charge on any atom is -0.326 e. The number of benzene rings is 2. The predicted molar refractivity (Wildman–Crippen MR) is 98.3 cm³/mol. The van der Waals surface area contributed by atoms with Crippen LogP contribution in [0.25, 0.3) is 0 Å². The molecular formula is C18H22N2O3S. The van der Waals surface area contributed by atoms with Gasteiger partial charge in [0.15, 0.2) is 0 Å². The van der Waals surface area contributed by atoms with E-state index < -0.39 is 11.3 Å². The van der Waals surface area contributed by atoms with Gasteiger partial charge in [0.1, 0.15) is 0 Å². The van der Waals surface area contributed by atoms with Crippen molar-refractivity contribution in [2.75, 3.05) is 10.0 Å². The first-order valence-electron chi connectivity index (χ1n) is 7.81. The smallest absolute Gasteiger partial charge is 0.259 e. The minimum absolute atomic E-state index is 0.0556. The SMILES string of the molecule is CC(C)c1ccccc1CCC(=O)Nc1ccc(NS(=O)O)cc1. The van der Waals surface area contributed by atoms with Crippen molar-refractivity contribution in [3.8, 4) is 0 Å². The number of aryl methyl sites for hydroxylation is 1. The first kappa shape index (κ1) is 18.2. The molecule has 0 saturated carbocycles. The Morgan fingerprint density at radius 1 is 1.08 bits per heavy atom. The number of carbonyl (C=O) groups is 1. The minimum atomic E-state index is -2.10. The van der Waals surface area contributed by atoms with Crippen molar-refractivity contribution in [1.82, 2.24) is 0 Å². The van der Waals surface area contributed by atoms with Gasteiger partial charge < -0.3 is 5.32 Å².